The molecule has 0 spiro atoms. The molecule has 0 heterocycles. The molecular formula is C5H11NO3. The van der Waals surface area contributed by atoms with Crippen molar-refractivity contribution in [1.29, 1.82) is 0 Å². The van der Waals surface area contributed by atoms with Crippen molar-refractivity contribution in [2.45, 2.75) is 6.48 Å². The van der Waals surface area contributed by atoms with E-state index in [-0.39, 0.29) is 6.73 Å². The molecule has 0 bridgehead atoms. The van der Waals surface area contributed by atoms with E-state index in [0.717, 1.165) is 0 Å². The largest absolute Gasteiger partial charge is 0.369 e. The lowest BCUT2D eigenvalue weighted by molar-refractivity contribution is -0.251. The Morgan fingerprint density at radius 1 is 1.89 bits per heavy atom. The molecule has 4 nitrogen and oxygen atoms in total. The monoisotopic (exact) mass is 133 g/mol. The molecule has 0 aromatic heterocycles. The molecule has 4 heteroatoms. The summed E-state index contributed by atoms with van der Waals surface area (Å²) in [5.74, 6) is 0. The van der Waals surface area contributed by atoms with Gasteiger partial charge in [0, 0.05) is 7.11 Å². The number of hydrogen-bond acceptors (Lipinski definition) is 4. The fraction of sp³-hybridized carbons (Fsp3) is 0.600. The summed E-state index contributed by atoms with van der Waals surface area (Å²) >= 11 is 0. The standard InChI is InChI=1S/C5H11NO3/c1-3-6-4-9-5(7)8-2/h3,5-7H,1,4H2,2H3. The van der Waals surface area contributed by atoms with Crippen molar-refractivity contribution in [1.82, 2.24) is 5.32 Å². The number of methoxy groups -OCH3 is 1. The number of ether oxygens (including phenoxy) is 2. The van der Waals surface area contributed by atoms with Crippen molar-refractivity contribution in [3.05, 3.63) is 12.8 Å². The maximum absolute atomic E-state index is 8.57. The van der Waals surface area contributed by atoms with E-state index >= 15 is 0 Å². The van der Waals surface area contributed by atoms with Crippen LogP contribution in [0.25, 0.3) is 0 Å². The number of aliphatic hydroxyl groups excluding tert-OH is 1. The average Bonchev–Trinajstić information content (AvgIpc) is 1.89. The molecule has 9 heavy (non-hydrogen) atoms. The Kier molecular flexibility index (Phi) is 5.20. The molecule has 0 rings (SSSR count). The lowest BCUT2D eigenvalue weighted by Crippen LogP contribution is -2.20. The smallest absolute Gasteiger partial charge is 0.270 e. The molecule has 0 aliphatic carbocycles. The van der Waals surface area contributed by atoms with Crippen molar-refractivity contribution < 1.29 is 14.6 Å². The van der Waals surface area contributed by atoms with Crippen molar-refractivity contribution >= 4 is 0 Å². The molecule has 1 unspecified atom stereocenters. The average molecular weight is 133 g/mol. The van der Waals surface area contributed by atoms with Gasteiger partial charge in [0.15, 0.2) is 0 Å². The molecule has 0 saturated carbocycles. The van der Waals surface area contributed by atoms with Gasteiger partial charge >= 0.3 is 0 Å². The third kappa shape index (κ3) is 5.29. The SMILES string of the molecule is C=CNCOC(O)OC. The molecule has 1 atom stereocenters. The Bertz CT molecular complexity index is 76.6. The van der Waals surface area contributed by atoms with Crippen LogP contribution in [0.15, 0.2) is 12.8 Å². The second kappa shape index (κ2) is 5.55. The molecule has 0 saturated heterocycles. The highest BCUT2D eigenvalue weighted by atomic mass is 16.8. The fourth-order valence-electron chi connectivity index (χ4n) is 0.246. The van der Waals surface area contributed by atoms with Gasteiger partial charge in [-0.1, -0.05) is 6.58 Å². The van der Waals surface area contributed by atoms with E-state index < -0.39 is 6.48 Å². The summed E-state index contributed by atoms with van der Waals surface area (Å²) in [4.78, 5) is 0. The van der Waals surface area contributed by atoms with E-state index in [4.69, 9.17) is 5.11 Å². The van der Waals surface area contributed by atoms with E-state index in [1.54, 1.807) is 0 Å². The van der Waals surface area contributed by atoms with Crippen molar-refractivity contribution in [2.75, 3.05) is 13.8 Å². The van der Waals surface area contributed by atoms with Gasteiger partial charge in [0.2, 0.25) is 0 Å². The predicted molar refractivity (Wildman–Crippen MR) is 32.3 cm³/mol. The first-order chi connectivity index (χ1) is 4.31. The molecule has 2 N–H and O–H groups in total. The highest BCUT2D eigenvalue weighted by Gasteiger charge is 1.96. The number of nitrogens with one attached hydrogen (secondary N) is 1. The fourth-order valence-corrected chi connectivity index (χ4v) is 0.246. The Morgan fingerprint density at radius 2 is 2.56 bits per heavy atom. The van der Waals surface area contributed by atoms with Gasteiger partial charge in [-0.15, -0.1) is 0 Å². The van der Waals surface area contributed by atoms with Crippen molar-refractivity contribution in [3.8, 4) is 0 Å². The van der Waals surface area contributed by atoms with Crippen LogP contribution in [0.5, 0.6) is 0 Å². The summed E-state index contributed by atoms with van der Waals surface area (Å²) in [6.45, 7) is 2.41. The zero-order valence-electron chi connectivity index (χ0n) is 5.33. The lowest BCUT2D eigenvalue weighted by atomic mass is 11.0. The third-order valence-corrected chi connectivity index (χ3v) is 0.655. The Hall–Kier alpha value is -0.580. The van der Waals surface area contributed by atoms with Crippen LogP contribution in [0.4, 0.5) is 0 Å². The molecule has 0 fully saturated rings. The van der Waals surface area contributed by atoms with Crippen LogP contribution in [0, 0.1) is 0 Å². The zero-order valence-corrected chi connectivity index (χ0v) is 5.33. The van der Waals surface area contributed by atoms with E-state index in [2.05, 4.69) is 21.4 Å². The van der Waals surface area contributed by atoms with Gasteiger partial charge in [-0.25, -0.2) is 0 Å². The minimum Gasteiger partial charge on any atom is -0.369 e. The summed E-state index contributed by atoms with van der Waals surface area (Å²) in [6, 6.07) is 0. The summed E-state index contributed by atoms with van der Waals surface area (Å²) in [6.07, 6.45) is 1.46. The van der Waals surface area contributed by atoms with Crippen LogP contribution in [-0.2, 0) is 9.47 Å². The van der Waals surface area contributed by atoms with Gasteiger partial charge in [0.25, 0.3) is 6.48 Å². The zero-order chi connectivity index (χ0) is 7.11. The number of hydrogen-bond donors (Lipinski definition) is 2. The molecule has 0 aromatic rings. The summed E-state index contributed by atoms with van der Waals surface area (Å²) in [7, 11) is 1.35. The first kappa shape index (κ1) is 8.42. The second-order valence-corrected chi connectivity index (χ2v) is 1.26. The van der Waals surface area contributed by atoms with Crippen LogP contribution in [-0.4, -0.2) is 25.4 Å². The summed E-state index contributed by atoms with van der Waals surface area (Å²) < 4.78 is 8.94. The molecular weight excluding hydrogens is 122 g/mol. The van der Waals surface area contributed by atoms with E-state index in [9.17, 15) is 0 Å². The highest BCUT2D eigenvalue weighted by molar-refractivity contribution is 4.57. The van der Waals surface area contributed by atoms with Crippen molar-refractivity contribution in [2.24, 2.45) is 0 Å². The second-order valence-electron chi connectivity index (χ2n) is 1.26. The Morgan fingerprint density at radius 3 is 3.00 bits per heavy atom. The van der Waals surface area contributed by atoms with E-state index in [1.165, 1.54) is 13.3 Å². The van der Waals surface area contributed by atoms with Gasteiger partial charge in [0.05, 0.1) is 0 Å². The van der Waals surface area contributed by atoms with Gasteiger partial charge < -0.3 is 19.9 Å². The van der Waals surface area contributed by atoms with Crippen LogP contribution in [0.3, 0.4) is 0 Å². The van der Waals surface area contributed by atoms with Gasteiger partial charge in [0.1, 0.15) is 6.73 Å². The third-order valence-electron chi connectivity index (χ3n) is 0.655. The minimum atomic E-state index is -1.16. The minimum absolute atomic E-state index is 0.193. The van der Waals surface area contributed by atoms with Crippen molar-refractivity contribution in [3.63, 3.8) is 0 Å². The first-order valence-electron chi connectivity index (χ1n) is 2.48. The van der Waals surface area contributed by atoms with Crippen LogP contribution >= 0.6 is 0 Å². The molecule has 0 aliphatic rings. The van der Waals surface area contributed by atoms with Crippen LogP contribution in [0.1, 0.15) is 0 Å². The Balaban J connectivity index is 2.96. The van der Waals surface area contributed by atoms with Crippen LogP contribution in [0.2, 0.25) is 0 Å². The molecule has 0 radical (unpaired) electrons. The van der Waals surface area contributed by atoms with Gasteiger partial charge in [-0.3, -0.25) is 0 Å². The van der Waals surface area contributed by atoms with E-state index in [1.807, 2.05) is 0 Å². The van der Waals surface area contributed by atoms with Crippen LogP contribution < -0.4 is 5.32 Å². The highest BCUT2D eigenvalue weighted by Crippen LogP contribution is 1.82. The molecule has 54 valence electrons. The summed E-state index contributed by atoms with van der Waals surface area (Å²) in [5, 5.41) is 11.2. The molecule has 0 aliphatic heterocycles. The van der Waals surface area contributed by atoms with E-state index in [0.29, 0.717) is 0 Å². The van der Waals surface area contributed by atoms with Gasteiger partial charge in [-0.05, 0) is 6.20 Å². The maximum Gasteiger partial charge on any atom is 0.270 e. The maximum atomic E-state index is 8.57. The Labute approximate surface area is 54.1 Å². The van der Waals surface area contributed by atoms with Gasteiger partial charge in [-0.2, -0.15) is 0 Å². The lowest BCUT2D eigenvalue weighted by Gasteiger charge is -2.08. The first-order valence-corrected chi connectivity index (χ1v) is 2.48. The molecule has 0 amide bonds. The predicted octanol–water partition coefficient (Wildman–Crippen LogP) is -0.384. The number of aliphatic hydroxyl groups is 1. The normalized spacial score (nSPS) is 12.7. The quantitative estimate of drug-likeness (QED) is 0.396. The number of rotatable bonds is 5. The topological polar surface area (TPSA) is 50.7 Å². The summed E-state index contributed by atoms with van der Waals surface area (Å²) in [5.41, 5.74) is 0. The molecule has 0 aromatic carbocycles.